The fourth-order valence-corrected chi connectivity index (χ4v) is 1.16. The van der Waals surface area contributed by atoms with Crippen LogP contribution in [0.4, 0.5) is 0 Å². The van der Waals surface area contributed by atoms with Crippen LogP contribution in [-0.2, 0) is 4.79 Å². The number of aliphatic imine (C=N–C) groups is 1. The van der Waals surface area contributed by atoms with Crippen molar-refractivity contribution in [2.45, 2.75) is 25.3 Å². The number of nitrogens with two attached hydrogens (primary N) is 1. The minimum absolute atomic E-state index is 0.0387. The molecule has 1 atom stereocenters. The van der Waals surface area contributed by atoms with Crippen molar-refractivity contribution in [1.29, 1.82) is 0 Å². The maximum absolute atomic E-state index is 10.9. The van der Waals surface area contributed by atoms with Gasteiger partial charge < -0.3 is 5.73 Å². The van der Waals surface area contributed by atoms with Gasteiger partial charge in [-0.25, -0.2) is 4.99 Å². The molecule has 1 heterocycles. The zero-order valence-corrected chi connectivity index (χ0v) is 6.92. The molecule has 0 spiro atoms. The summed E-state index contributed by atoms with van der Waals surface area (Å²) in [7, 11) is 0. The monoisotopic (exact) mass is 167 g/mol. The summed E-state index contributed by atoms with van der Waals surface area (Å²) in [5.74, 6) is 0.192. The number of hydrogen-bond donors (Lipinski definition) is 2. The fourth-order valence-electron chi connectivity index (χ4n) is 1.16. The minimum Gasteiger partial charge on any atom is -0.370 e. The molecule has 0 aromatic carbocycles. The average Bonchev–Trinajstić information content (AvgIpc) is 1.99. The van der Waals surface area contributed by atoms with Crippen LogP contribution < -0.4 is 11.1 Å². The van der Waals surface area contributed by atoms with Crippen LogP contribution >= 0.6 is 0 Å². The summed E-state index contributed by atoms with van der Waals surface area (Å²) in [5, 5.41) is 2.45. The van der Waals surface area contributed by atoms with Crippen LogP contribution in [-0.4, -0.2) is 17.9 Å². The van der Waals surface area contributed by atoms with Gasteiger partial charge in [0.1, 0.15) is 0 Å². The molecular formula is C8H13N3O. The lowest BCUT2D eigenvalue weighted by molar-refractivity contribution is -0.120. The lowest BCUT2D eigenvalue weighted by atomic mass is 10.1. The highest BCUT2D eigenvalue weighted by atomic mass is 16.1. The van der Waals surface area contributed by atoms with Crippen LogP contribution in [0, 0.1) is 0 Å². The summed E-state index contributed by atoms with van der Waals surface area (Å²) in [5.41, 5.74) is 5.38. The zero-order chi connectivity index (χ0) is 8.97. The van der Waals surface area contributed by atoms with Crippen LogP contribution in [0.5, 0.6) is 0 Å². The van der Waals surface area contributed by atoms with Crippen molar-refractivity contribution in [3.8, 4) is 0 Å². The first-order valence-corrected chi connectivity index (χ1v) is 3.96. The number of rotatable bonds is 3. The van der Waals surface area contributed by atoms with Crippen LogP contribution in [0.2, 0.25) is 0 Å². The number of nitrogens with one attached hydrogen (secondary N) is 1. The van der Waals surface area contributed by atoms with Gasteiger partial charge in [-0.15, -0.1) is 6.58 Å². The van der Waals surface area contributed by atoms with E-state index in [1.54, 1.807) is 0 Å². The van der Waals surface area contributed by atoms with E-state index < -0.39 is 0 Å². The van der Waals surface area contributed by atoms with Crippen molar-refractivity contribution < 1.29 is 4.79 Å². The first-order valence-electron chi connectivity index (χ1n) is 3.96. The highest BCUT2D eigenvalue weighted by Gasteiger charge is 2.18. The molecule has 4 heteroatoms. The summed E-state index contributed by atoms with van der Waals surface area (Å²) in [4.78, 5) is 15.0. The normalized spacial score (nSPS) is 22.8. The van der Waals surface area contributed by atoms with Crippen molar-refractivity contribution in [2.24, 2.45) is 10.7 Å². The van der Waals surface area contributed by atoms with Gasteiger partial charge in [0, 0.05) is 6.42 Å². The van der Waals surface area contributed by atoms with Gasteiger partial charge in [0.15, 0.2) is 5.96 Å². The number of carbonyl (C=O) groups excluding carboxylic acids is 1. The highest BCUT2D eigenvalue weighted by Crippen LogP contribution is 2.09. The summed E-state index contributed by atoms with van der Waals surface area (Å²) < 4.78 is 0. The number of amides is 1. The quantitative estimate of drug-likeness (QED) is 0.588. The van der Waals surface area contributed by atoms with Crippen LogP contribution in [0.15, 0.2) is 17.6 Å². The molecule has 66 valence electrons. The van der Waals surface area contributed by atoms with Gasteiger partial charge >= 0.3 is 0 Å². The van der Waals surface area contributed by atoms with Crippen molar-refractivity contribution >= 4 is 11.9 Å². The standard InChI is InChI=1S/C8H13N3O/c1-2-3-4-6-5-7(12)11-8(9)10-6/h2,6H,1,3-5H2,(H3,9,10,11,12). The van der Waals surface area contributed by atoms with Gasteiger partial charge in [-0.3, -0.25) is 10.1 Å². The largest absolute Gasteiger partial charge is 0.370 e. The van der Waals surface area contributed by atoms with E-state index >= 15 is 0 Å². The smallest absolute Gasteiger partial charge is 0.228 e. The average molecular weight is 167 g/mol. The fraction of sp³-hybridized carbons (Fsp3) is 0.500. The molecule has 0 radical (unpaired) electrons. The molecule has 3 N–H and O–H groups in total. The molecule has 0 bridgehead atoms. The second-order valence-corrected chi connectivity index (χ2v) is 2.79. The van der Waals surface area contributed by atoms with Gasteiger partial charge in [0.25, 0.3) is 0 Å². The Kier molecular flexibility index (Phi) is 2.85. The topological polar surface area (TPSA) is 67.5 Å². The van der Waals surface area contributed by atoms with E-state index in [9.17, 15) is 4.79 Å². The molecule has 12 heavy (non-hydrogen) atoms. The molecule has 0 fully saturated rings. The molecule has 4 nitrogen and oxygen atoms in total. The Hall–Kier alpha value is -1.32. The van der Waals surface area contributed by atoms with Gasteiger partial charge in [0.05, 0.1) is 6.04 Å². The van der Waals surface area contributed by atoms with Crippen molar-refractivity contribution in [3.63, 3.8) is 0 Å². The number of hydrogen-bond acceptors (Lipinski definition) is 3. The van der Waals surface area contributed by atoms with E-state index in [2.05, 4.69) is 16.9 Å². The van der Waals surface area contributed by atoms with E-state index in [0.29, 0.717) is 6.42 Å². The lowest BCUT2D eigenvalue weighted by Crippen LogP contribution is -2.43. The number of carbonyl (C=O) groups is 1. The molecule has 1 amide bonds. The Bertz CT molecular complexity index is 222. The van der Waals surface area contributed by atoms with Gasteiger partial charge in [0.2, 0.25) is 5.91 Å². The van der Waals surface area contributed by atoms with Crippen molar-refractivity contribution in [2.75, 3.05) is 0 Å². The third-order valence-electron chi connectivity index (χ3n) is 1.71. The summed E-state index contributed by atoms with van der Waals surface area (Å²) in [6.45, 7) is 3.60. The summed E-state index contributed by atoms with van der Waals surface area (Å²) in [6.07, 6.45) is 3.97. The zero-order valence-electron chi connectivity index (χ0n) is 6.92. The van der Waals surface area contributed by atoms with Crippen LogP contribution in [0.25, 0.3) is 0 Å². The maximum Gasteiger partial charge on any atom is 0.228 e. The van der Waals surface area contributed by atoms with Crippen LogP contribution in [0.1, 0.15) is 19.3 Å². The third kappa shape index (κ3) is 2.38. The van der Waals surface area contributed by atoms with Gasteiger partial charge in [-0.2, -0.15) is 0 Å². The SMILES string of the molecule is C=CCCC1CC(=O)NC(N)=N1. The predicted octanol–water partition coefficient (Wildman–Crippen LogP) is 0.156. The maximum atomic E-state index is 10.9. The summed E-state index contributed by atoms with van der Waals surface area (Å²) in [6, 6.07) is 0.0387. The van der Waals surface area contributed by atoms with Crippen LogP contribution in [0.3, 0.4) is 0 Å². The second-order valence-electron chi connectivity index (χ2n) is 2.79. The van der Waals surface area contributed by atoms with Gasteiger partial charge in [-0.05, 0) is 12.8 Å². The molecule has 0 aliphatic carbocycles. The first-order chi connectivity index (χ1) is 5.72. The predicted molar refractivity (Wildman–Crippen MR) is 47.6 cm³/mol. The van der Waals surface area contributed by atoms with E-state index in [4.69, 9.17) is 5.73 Å². The Morgan fingerprint density at radius 1 is 1.83 bits per heavy atom. The lowest BCUT2D eigenvalue weighted by Gasteiger charge is -2.17. The number of allylic oxidation sites excluding steroid dienone is 1. The van der Waals surface area contributed by atoms with E-state index in [1.807, 2.05) is 6.08 Å². The number of guanidine groups is 1. The molecule has 1 unspecified atom stereocenters. The van der Waals surface area contributed by atoms with Crippen molar-refractivity contribution in [3.05, 3.63) is 12.7 Å². The number of nitrogens with zero attached hydrogens (tertiary/aromatic N) is 1. The molecule has 0 aromatic heterocycles. The van der Waals surface area contributed by atoms with E-state index in [1.165, 1.54) is 0 Å². The molecular weight excluding hydrogens is 154 g/mol. The molecule has 0 saturated heterocycles. The second kappa shape index (κ2) is 3.90. The molecule has 1 aliphatic heterocycles. The molecule has 1 aliphatic rings. The third-order valence-corrected chi connectivity index (χ3v) is 1.71. The van der Waals surface area contributed by atoms with E-state index in [0.717, 1.165) is 12.8 Å². The van der Waals surface area contributed by atoms with Gasteiger partial charge in [-0.1, -0.05) is 6.08 Å². The molecule has 1 rings (SSSR count). The minimum atomic E-state index is -0.0448. The Morgan fingerprint density at radius 3 is 3.17 bits per heavy atom. The summed E-state index contributed by atoms with van der Waals surface area (Å²) >= 11 is 0. The highest BCUT2D eigenvalue weighted by molar-refractivity contribution is 5.98. The Morgan fingerprint density at radius 2 is 2.58 bits per heavy atom. The first kappa shape index (κ1) is 8.77. The Labute approximate surface area is 71.5 Å². The van der Waals surface area contributed by atoms with E-state index in [-0.39, 0.29) is 17.9 Å². The molecule has 0 saturated carbocycles. The molecule has 0 aromatic rings. The Balaban J connectivity index is 2.48. The van der Waals surface area contributed by atoms with Crippen molar-refractivity contribution in [1.82, 2.24) is 5.32 Å².